The summed E-state index contributed by atoms with van der Waals surface area (Å²) in [4.78, 5) is 117. The molecule has 63 heavy (non-hydrogen) atoms. The van der Waals surface area contributed by atoms with Crippen molar-refractivity contribution in [3.63, 3.8) is 0 Å². The third-order valence-electron chi connectivity index (χ3n) is 9.89. The van der Waals surface area contributed by atoms with Crippen LogP contribution in [0.5, 0.6) is 5.75 Å². The van der Waals surface area contributed by atoms with Crippen molar-refractivity contribution in [3.8, 4) is 5.75 Å². The Bertz CT molecular complexity index is 1730. The molecular formula is C41H66N8O13S. The van der Waals surface area contributed by atoms with Gasteiger partial charge >= 0.3 is 11.9 Å². The number of carbonyl (C=O) groups is 9. The highest BCUT2D eigenvalue weighted by atomic mass is 32.1. The van der Waals surface area contributed by atoms with Crippen molar-refractivity contribution in [1.29, 1.82) is 0 Å². The van der Waals surface area contributed by atoms with Crippen molar-refractivity contribution in [2.24, 2.45) is 23.5 Å². The van der Waals surface area contributed by atoms with Gasteiger partial charge in [0, 0.05) is 18.6 Å². The lowest BCUT2D eigenvalue weighted by atomic mass is 9.97. The van der Waals surface area contributed by atoms with Crippen LogP contribution in [-0.4, -0.2) is 134 Å². The SMILES string of the molecule is CC[C@H](C)[C@H](N)C(=O)N[C@@H](CC(C)C)C(=O)N[C@@H](C)C(=O)N[C@@H](CO)C(=O)N[C@@H](Cc1ccc(O)cc1)C(=O)N[C@@H](CCC(=O)O)C(=O)N[C@@H](CS)C(=O)N[C@@H](CC(C)C)C(=O)O. The van der Waals surface area contributed by atoms with Crippen molar-refractivity contribution in [2.75, 3.05) is 12.4 Å². The molecule has 0 radical (unpaired) electrons. The lowest BCUT2D eigenvalue weighted by Crippen LogP contribution is -2.61. The molecule has 0 aromatic heterocycles. The molecule has 0 bridgehead atoms. The fourth-order valence-corrected chi connectivity index (χ4v) is 6.20. The molecule has 1 aromatic rings. The molecule has 0 saturated heterocycles. The fourth-order valence-electron chi connectivity index (χ4n) is 5.94. The summed E-state index contributed by atoms with van der Waals surface area (Å²) in [6.45, 7) is 11.1. The van der Waals surface area contributed by atoms with Gasteiger partial charge in [-0.05, 0) is 61.6 Å². The molecular weight excluding hydrogens is 845 g/mol. The second-order valence-electron chi connectivity index (χ2n) is 16.3. The average Bonchev–Trinajstić information content (AvgIpc) is 3.21. The number of aliphatic carboxylic acids is 2. The van der Waals surface area contributed by atoms with Gasteiger partial charge in [-0.3, -0.25) is 38.4 Å². The molecule has 0 spiro atoms. The summed E-state index contributed by atoms with van der Waals surface area (Å²) in [5.41, 5.74) is 6.44. The molecule has 0 saturated carbocycles. The summed E-state index contributed by atoms with van der Waals surface area (Å²) in [5, 5.41) is 55.9. The number of benzene rings is 1. The number of amides is 7. The Morgan fingerprint density at radius 3 is 1.56 bits per heavy atom. The number of carbonyl (C=O) groups excluding carboxylic acids is 7. The van der Waals surface area contributed by atoms with Gasteiger partial charge in [0.1, 0.15) is 48.0 Å². The van der Waals surface area contributed by atoms with E-state index in [-0.39, 0.29) is 48.5 Å². The number of thiol groups is 1. The molecule has 7 amide bonds. The van der Waals surface area contributed by atoms with E-state index < -0.39 is 121 Å². The molecule has 22 heteroatoms. The number of rotatable bonds is 28. The van der Waals surface area contributed by atoms with Crippen molar-refractivity contribution in [3.05, 3.63) is 29.8 Å². The highest BCUT2D eigenvalue weighted by Crippen LogP contribution is 2.13. The van der Waals surface area contributed by atoms with Gasteiger partial charge in [-0.25, -0.2) is 4.79 Å². The number of aliphatic hydroxyl groups is 1. The Morgan fingerprint density at radius 1 is 0.603 bits per heavy atom. The number of nitrogens with one attached hydrogen (secondary N) is 7. The largest absolute Gasteiger partial charge is 0.508 e. The second-order valence-corrected chi connectivity index (χ2v) is 16.6. The zero-order valence-corrected chi connectivity index (χ0v) is 37.7. The van der Waals surface area contributed by atoms with Crippen LogP contribution in [0.1, 0.15) is 86.1 Å². The first-order chi connectivity index (χ1) is 29.4. The maximum atomic E-state index is 13.9. The smallest absolute Gasteiger partial charge is 0.326 e. The quantitative estimate of drug-likeness (QED) is 0.0434. The second kappa shape index (κ2) is 27.6. The predicted molar refractivity (Wildman–Crippen MR) is 233 cm³/mol. The summed E-state index contributed by atoms with van der Waals surface area (Å²) in [6.07, 6.45) is -0.517. The number of phenolic OH excluding ortho intramolecular Hbond substituents is 1. The van der Waals surface area contributed by atoms with Crippen LogP contribution in [-0.2, 0) is 49.6 Å². The fraction of sp³-hybridized carbons (Fsp3) is 0.634. The third-order valence-corrected chi connectivity index (χ3v) is 10.3. The molecule has 0 aliphatic heterocycles. The summed E-state index contributed by atoms with van der Waals surface area (Å²) < 4.78 is 0. The van der Waals surface area contributed by atoms with Gasteiger partial charge in [-0.15, -0.1) is 0 Å². The van der Waals surface area contributed by atoms with Gasteiger partial charge in [-0.1, -0.05) is 60.1 Å². The van der Waals surface area contributed by atoms with Crippen LogP contribution >= 0.6 is 12.6 Å². The number of carboxylic acid groups (broad SMARTS) is 2. The molecule has 21 nitrogen and oxygen atoms in total. The average molecular weight is 911 g/mol. The Hall–Kier alpha value is -5.48. The number of hydrogen-bond acceptors (Lipinski definition) is 13. The molecule has 0 heterocycles. The summed E-state index contributed by atoms with van der Waals surface area (Å²) in [7, 11) is 0. The molecule has 354 valence electrons. The first-order valence-corrected chi connectivity index (χ1v) is 21.4. The van der Waals surface area contributed by atoms with Gasteiger partial charge in [0.2, 0.25) is 41.4 Å². The van der Waals surface area contributed by atoms with E-state index in [1.807, 2.05) is 20.8 Å². The number of hydrogen-bond donors (Lipinski definition) is 13. The standard InChI is InChI=1S/C41H66N8O13S/c1-8-22(6)33(42)40(60)46-27(15-20(2)3)36(56)43-23(7)34(54)48-30(18-50)38(58)45-28(17-24-9-11-25(51)12-10-24)37(57)44-26(13-14-32(52)53)35(55)49-31(19-63)39(59)47-29(41(61)62)16-21(4)5/h9-12,20-23,26-31,33,50-51,63H,8,13-19,42H2,1-7H3,(H,43,56)(H,44,57)(H,45,58)(H,46,60)(H,47,59)(H,48,54)(H,49,55)(H,52,53)(H,61,62)/t22-,23-,26-,27-,28-,29-,30-,31-,33-/m0/s1. The van der Waals surface area contributed by atoms with Crippen LogP contribution in [0.4, 0.5) is 0 Å². The summed E-state index contributed by atoms with van der Waals surface area (Å²) >= 11 is 4.10. The van der Waals surface area contributed by atoms with Crippen molar-refractivity contribution >= 4 is 65.9 Å². The van der Waals surface area contributed by atoms with Crippen LogP contribution in [0.15, 0.2) is 24.3 Å². The Morgan fingerprint density at radius 2 is 1.05 bits per heavy atom. The first kappa shape index (κ1) is 55.5. The summed E-state index contributed by atoms with van der Waals surface area (Å²) in [6, 6.07) is -5.37. The highest BCUT2D eigenvalue weighted by molar-refractivity contribution is 7.80. The Labute approximate surface area is 372 Å². The Kier molecular flexibility index (Phi) is 24.3. The molecule has 0 aliphatic rings. The van der Waals surface area contributed by atoms with Gasteiger partial charge < -0.3 is 63.4 Å². The van der Waals surface area contributed by atoms with Crippen molar-refractivity contribution in [1.82, 2.24) is 37.2 Å². The monoisotopic (exact) mass is 910 g/mol. The van der Waals surface area contributed by atoms with Gasteiger partial charge in [0.05, 0.1) is 12.6 Å². The molecule has 1 aromatic carbocycles. The maximum absolute atomic E-state index is 13.9. The highest BCUT2D eigenvalue weighted by Gasteiger charge is 2.34. The van der Waals surface area contributed by atoms with E-state index >= 15 is 0 Å². The number of phenols is 1. The minimum Gasteiger partial charge on any atom is -0.508 e. The van der Waals surface area contributed by atoms with E-state index in [4.69, 9.17) is 5.73 Å². The molecule has 0 aliphatic carbocycles. The number of aliphatic hydroxyl groups excluding tert-OH is 1. The molecule has 9 atom stereocenters. The van der Waals surface area contributed by atoms with Gasteiger partial charge in [0.15, 0.2) is 0 Å². The van der Waals surface area contributed by atoms with E-state index in [1.165, 1.54) is 31.2 Å². The lowest BCUT2D eigenvalue weighted by Gasteiger charge is -2.27. The zero-order chi connectivity index (χ0) is 48.1. The van der Waals surface area contributed by atoms with Gasteiger partial charge in [-0.2, -0.15) is 12.6 Å². The molecule has 0 unspecified atom stereocenters. The normalized spacial score (nSPS) is 15.5. The van der Waals surface area contributed by atoms with E-state index in [9.17, 15) is 63.6 Å². The zero-order valence-electron chi connectivity index (χ0n) is 36.8. The van der Waals surface area contributed by atoms with E-state index in [1.54, 1.807) is 20.8 Å². The lowest BCUT2D eigenvalue weighted by molar-refractivity contribution is -0.142. The predicted octanol–water partition coefficient (Wildman–Crippen LogP) is -1.31. The van der Waals surface area contributed by atoms with Crippen LogP contribution in [0.3, 0.4) is 0 Å². The molecule has 1 rings (SSSR count). The number of aromatic hydroxyl groups is 1. The minimum atomic E-state index is -1.70. The maximum Gasteiger partial charge on any atom is 0.326 e. The van der Waals surface area contributed by atoms with E-state index in [0.717, 1.165) is 0 Å². The minimum absolute atomic E-state index is 0.0505. The molecule has 0 fully saturated rings. The van der Waals surface area contributed by atoms with Crippen LogP contribution in [0, 0.1) is 17.8 Å². The van der Waals surface area contributed by atoms with E-state index in [2.05, 4.69) is 49.8 Å². The first-order valence-electron chi connectivity index (χ1n) is 20.8. The van der Waals surface area contributed by atoms with Crippen LogP contribution in [0.2, 0.25) is 0 Å². The number of nitrogens with two attached hydrogens (primary N) is 1. The van der Waals surface area contributed by atoms with Crippen LogP contribution in [0.25, 0.3) is 0 Å². The topological polar surface area (TPSA) is 345 Å². The van der Waals surface area contributed by atoms with Gasteiger partial charge in [0.25, 0.3) is 0 Å². The van der Waals surface area contributed by atoms with Crippen molar-refractivity contribution in [2.45, 2.75) is 135 Å². The van der Waals surface area contributed by atoms with Crippen molar-refractivity contribution < 1.29 is 63.6 Å². The summed E-state index contributed by atoms with van der Waals surface area (Å²) in [5.74, 6) is -9.64. The number of carboxylic acids is 2. The third kappa shape index (κ3) is 20.1. The Balaban J connectivity index is 3.31. The van der Waals surface area contributed by atoms with E-state index in [0.29, 0.717) is 12.0 Å². The van der Waals surface area contributed by atoms with Crippen LogP contribution < -0.4 is 43.0 Å². The molecule has 13 N–H and O–H groups in total.